The van der Waals surface area contributed by atoms with Crippen LogP contribution in [0.25, 0.3) is 0 Å². The van der Waals surface area contributed by atoms with Crippen LogP contribution in [0, 0.1) is 5.92 Å². The number of carbonyl (C=O) groups is 2. The van der Waals surface area contributed by atoms with Crippen LogP contribution in [-0.4, -0.2) is 22.8 Å². The van der Waals surface area contributed by atoms with Crippen molar-refractivity contribution in [2.75, 3.05) is 0 Å². The Hall–Kier alpha value is -0.860. The number of hydrogen-bond acceptors (Lipinski definition) is 2. The molecular weight excluding hydrogens is 178 g/mol. The molecule has 3 nitrogen and oxygen atoms in total. The van der Waals surface area contributed by atoms with Crippen molar-refractivity contribution in [1.82, 2.24) is 4.90 Å². The second-order valence-corrected chi connectivity index (χ2v) is 4.49. The zero-order valence-electron chi connectivity index (χ0n) is 8.66. The Morgan fingerprint density at radius 1 is 1.07 bits per heavy atom. The molecule has 3 heteroatoms. The van der Waals surface area contributed by atoms with Gasteiger partial charge in [-0.1, -0.05) is 19.8 Å². The van der Waals surface area contributed by atoms with Crippen LogP contribution in [0.15, 0.2) is 0 Å². The van der Waals surface area contributed by atoms with Gasteiger partial charge in [-0.2, -0.15) is 0 Å². The highest BCUT2D eigenvalue weighted by Gasteiger charge is 2.38. The molecule has 0 spiro atoms. The van der Waals surface area contributed by atoms with Crippen molar-refractivity contribution in [3.05, 3.63) is 0 Å². The molecule has 1 saturated heterocycles. The molecule has 1 aliphatic heterocycles. The van der Waals surface area contributed by atoms with Crippen molar-refractivity contribution in [1.29, 1.82) is 0 Å². The molecule has 78 valence electrons. The van der Waals surface area contributed by atoms with Gasteiger partial charge >= 0.3 is 0 Å². The van der Waals surface area contributed by atoms with Crippen LogP contribution >= 0.6 is 0 Å². The number of carbonyl (C=O) groups excluding carboxylic acids is 2. The van der Waals surface area contributed by atoms with Gasteiger partial charge in [-0.05, 0) is 18.8 Å². The van der Waals surface area contributed by atoms with Gasteiger partial charge < -0.3 is 0 Å². The highest BCUT2D eigenvalue weighted by Crippen LogP contribution is 2.31. The van der Waals surface area contributed by atoms with Crippen LogP contribution in [0.4, 0.5) is 0 Å². The summed E-state index contributed by atoms with van der Waals surface area (Å²) in [5.41, 5.74) is 0. The molecule has 0 bridgehead atoms. The minimum atomic E-state index is 0.0498. The van der Waals surface area contributed by atoms with Crippen LogP contribution in [0.5, 0.6) is 0 Å². The van der Waals surface area contributed by atoms with Crippen molar-refractivity contribution in [2.24, 2.45) is 5.92 Å². The third-order valence-electron chi connectivity index (χ3n) is 3.49. The Kier molecular flexibility index (Phi) is 2.57. The third kappa shape index (κ3) is 1.56. The zero-order valence-corrected chi connectivity index (χ0v) is 8.66. The predicted molar refractivity (Wildman–Crippen MR) is 52.5 cm³/mol. The van der Waals surface area contributed by atoms with E-state index in [0.717, 1.165) is 19.3 Å². The van der Waals surface area contributed by atoms with Gasteiger partial charge in [0, 0.05) is 18.9 Å². The average molecular weight is 195 g/mol. The molecule has 2 amide bonds. The van der Waals surface area contributed by atoms with Gasteiger partial charge in [0.05, 0.1) is 0 Å². The molecular formula is C11H17NO2. The molecule has 2 atom stereocenters. The smallest absolute Gasteiger partial charge is 0.229 e. The largest absolute Gasteiger partial charge is 0.279 e. The van der Waals surface area contributed by atoms with Crippen LogP contribution in [0.1, 0.15) is 45.4 Å². The lowest BCUT2D eigenvalue weighted by Crippen LogP contribution is -2.44. The van der Waals surface area contributed by atoms with E-state index in [4.69, 9.17) is 0 Å². The molecule has 0 aromatic heterocycles. The van der Waals surface area contributed by atoms with E-state index in [0.29, 0.717) is 18.8 Å². The standard InChI is InChI=1S/C11H17NO2/c1-8-4-2-3-5-9(8)12-10(13)6-7-11(12)14/h8-9H,2-7H2,1H3/t8-,9-/m1/s1. The normalized spacial score (nSPS) is 33.9. The quantitative estimate of drug-likeness (QED) is 0.597. The van der Waals surface area contributed by atoms with E-state index in [2.05, 4.69) is 6.92 Å². The lowest BCUT2D eigenvalue weighted by atomic mass is 9.85. The van der Waals surface area contributed by atoms with E-state index in [1.54, 1.807) is 4.90 Å². The molecule has 14 heavy (non-hydrogen) atoms. The van der Waals surface area contributed by atoms with Crippen LogP contribution in [0.2, 0.25) is 0 Å². The van der Waals surface area contributed by atoms with E-state index < -0.39 is 0 Å². The number of nitrogens with zero attached hydrogens (tertiary/aromatic N) is 1. The zero-order chi connectivity index (χ0) is 10.1. The first-order chi connectivity index (χ1) is 6.70. The Bertz CT molecular complexity index is 246. The van der Waals surface area contributed by atoms with E-state index in [1.165, 1.54) is 6.42 Å². The first-order valence-electron chi connectivity index (χ1n) is 5.55. The summed E-state index contributed by atoms with van der Waals surface area (Å²) in [4.78, 5) is 24.6. The summed E-state index contributed by atoms with van der Waals surface area (Å²) in [6.45, 7) is 2.16. The SMILES string of the molecule is C[C@@H]1CCCC[C@H]1N1C(=O)CCC1=O. The second kappa shape index (κ2) is 3.71. The lowest BCUT2D eigenvalue weighted by Gasteiger charge is -2.34. The van der Waals surface area contributed by atoms with Crippen molar-refractivity contribution in [3.63, 3.8) is 0 Å². The summed E-state index contributed by atoms with van der Waals surface area (Å²) in [6, 6.07) is 0.200. The first kappa shape index (κ1) is 9.69. The number of rotatable bonds is 1. The number of likely N-dealkylation sites (tertiary alicyclic amines) is 1. The van der Waals surface area contributed by atoms with E-state index in [1.807, 2.05) is 0 Å². The molecule has 0 aromatic rings. The second-order valence-electron chi connectivity index (χ2n) is 4.49. The Morgan fingerprint density at radius 2 is 1.64 bits per heavy atom. The van der Waals surface area contributed by atoms with Gasteiger partial charge in [0.15, 0.2) is 0 Å². The monoisotopic (exact) mass is 195 g/mol. The maximum atomic E-state index is 11.5. The van der Waals surface area contributed by atoms with Crippen LogP contribution in [-0.2, 0) is 9.59 Å². The summed E-state index contributed by atoms with van der Waals surface area (Å²) in [5, 5.41) is 0. The molecule has 2 fully saturated rings. The highest BCUT2D eigenvalue weighted by molar-refractivity contribution is 6.02. The molecule has 1 aliphatic carbocycles. The summed E-state index contributed by atoms with van der Waals surface area (Å²) in [5.74, 6) is 0.595. The maximum absolute atomic E-state index is 11.5. The minimum absolute atomic E-state index is 0.0498. The van der Waals surface area contributed by atoms with Crippen LogP contribution < -0.4 is 0 Å². The van der Waals surface area contributed by atoms with Crippen molar-refractivity contribution >= 4 is 11.8 Å². The molecule has 0 aromatic carbocycles. The van der Waals surface area contributed by atoms with Gasteiger partial charge in [0.25, 0.3) is 0 Å². The Balaban J connectivity index is 2.12. The molecule has 0 radical (unpaired) electrons. The minimum Gasteiger partial charge on any atom is -0.279 e. The van der Waals surface area contributed by atoms with Crippen molar-refractivity contribution in [3.8, 4) is 0 Å². The fraction of sp³-hybridized carbons (Fsp3) is 0.818. The van der Waals surface area contributed by atoms with Gasteiger partial charge in [-0.15, -0.1) is 0 Å². The van der Waals surface area contributed by atoms with Gasteiger partial charge in [-0.3, -0.25) is 14.5 Å². The summed E-state index contributed by atoms with van der Waals surface area (Å²) >= 11 is 0. The van der Waals surface area contributed by atoms with Crippen molar-refractivity contribution in [2.45, 2.75) is 51.5 Å². The molecule has 2 aliphatic rings. The number of imide groups is 1. The summed E-state index contributed by atoms with van der Waals surface area (Å²) in [6.07, 6.45) is 5.43. The van der Waals surface area contributed by atoms with Gasteiger partial charge in [0.1, 0.15) is 0 Å². The number of amides is 2. The number of hydrogen-bond donors (Lipinski definition) is 0. The Labute approximate surface area is 84.5 Å². The molecule has 0 unspecified atom stereocenters. The van der Waals surface area contributed by atoms with Gasteiger partial charge in [0.2, 0.25) is 11.8 Å². The summed E-state index contributed by atoms with van der Waals surface area (Å²) in [7, 11) is 0. The fourth-order valence-electron chi connectivity index (χ4n) is 2.64. The van der Waals surface area contributed by atoms with E-state index in [-0.39, 0.29) is 17.9 Å². The third-order valence-corrected chi connectivity index (χ3v) is 3.49. The summed E-state index contributed by atoms with van der Waals surface area (Å²) < 4.78 is 0. The lowest BCUT2D eigenvalue weighted by molar-refractivity contribution is -0.143. The molecule has 1 saturated carbocycles. The molecule has 1 heterocycles. The maximum Gasteiger partial charge on any atom is 0.229 e. The Morgan fingerprint density at radius 3 is 2.21 bits per heavy atom. The average Bonchev–Trinajstić information content (AvgIpc) is 2.48. The molecule has 0 N–H and O–H groups in total. The van der Waals surface area contributed by atoms with E-state index >= 15 is 0 Å². The predicted octanol–water partition coefficient (Wildman–Crippen LogP) is 1.71. The fourth-order valence-corrected chi connectivity index (χ4v) is 2.64. The first-order valence-corrected chi connectivity index (χ1v) is 5.55. The van der Waals surface area contributed by atoms with Crippen LogP contribution in [0.3, 0.4) is 0 Å². The topological polar surface area (TPSA) is 37.4 Å². The highest BCUT2D eigenvalue weighted by atomic mass is 16.2. The van der Waals surface area contributed by atoms with Crippen molar-refractivity contribution < 1.29 is 9.59 Å². The molecule has 2 rings (SSSR count). The van der Waals surface area contributed by atoms with E-state index in [9.17, 15) is 9.59 Å². The van der Waals surface area contributed by atoms with Gasteiger partial charge in [-0.25, -0.2) is 0 Å².